The molecule has 1 rings (SSSR count). The van der Waals surface area contributed by atoms with Crippen LogP contribution in [0.2, 0.25) is 5.02 Å². The first-order chi connectivity index (χ1) is 7.76. The number of hydrogen-bond donors (Lipinski definition) is 1. The molecular formula is C9H13ClN2O4S. The molecule has 0 aliphatic carbocycles. The molecular weight excluding hydrogens is 268 g/mol. The summed E-state index contributed by atoms with van der Waals surface area (Å²) in [4.78, 5) is 10.4. The van der Waals surface area contributed by atoms with Crippen LogP contribution in [0.1, 0.15) is 18.3 Å². The van der Waals surface area contributed by atoms with Crippen LogP contribution >= 0.6 is 11.6 Å². The van der Waals surface area contributed by atoms with E-state index in [4.69, 9.17) is 16.7 Å². The van der Waals surface area contributed by atoms with E-state index in [1.165, 1.54) is 4.68 Å². The lowest BCUT2D eigenvalue weighted by molar-refractivity contribution is -0.134. The van der Waals surface area contributed by atoms with Gasteiger partial charge in [0.25, 0.3) is 0 Å². The molecule has 17 heavy (non-hydrogen) atoms. The molecule has 0 amide bonds. The fourth-order valence-electron chi connectivity index (χ4n) is 1.42. The predicted octanol–water partition coefficient (Wildman–Crippen LogP) is 0.635. The highest BCUT2D eigenvalue weighted by molar-refractivity contribution is 7.91. The van der Waals surface area contributed by atoms with Crippen LogP contribution in [0, 0.1) is 0 Å². The molecule has 0 aromatic carbocycles. The van der Waals surface area contributed by atoms with Gasteiger partial charge in [0.1, 0.15) is 5.75 Å². The van der Waals surface area contributed by atoms with E-state index in [0.717, 1.165) is 0 Å². The maximum atomic E-state index is 11.5. The van der Waals surface area contributed by atoms with E-state index < -0.39 is 27.3 Å². The second kappa shape index (κ2) is 5.05. The minimum atomic E-state index is -3.72. The van der Waals surface area contributed by atoms with Crippen LogP contribution in [0.3, 0.4) is 0 Å². The minimum Gasteiger partial charge on any atom is -0.480 e. The van der Waals surface area contributed by atoms with Crippen molar-refractivity contribution in [3.05, 3.63) is 16.4 Å². The largest absolute Gasteiger partial charge is 0.480 e. The van der Waals surface area contributed by atoms with Crippen molar-refractivity contribution in [2.24, 2.45) is 7.05 Å². The molecule has 1 aromatic heterocycles. The highest BCUT2D eigenvalue weighted by Gasteiger charge is 2.22. The van der Waals surface area contributed by atoms with Gasteiger partial charge in [0, 0.05) is 7.05 Å². The van der Waals surface area contributed by atoms with E-state index >= 15 is 0 Å². The Morgan fingerprint density at radius 2 is 2.12 bits per heavy atom. The van der Waals surface area contributed by atoms with Gasteiger partial charge in [-0.3, -0.25) is 9.48 Å². The second-order valence-electron chi connectivity index (χ2n) is 3.61. The van der Waals surface area contributed by atoms with Crippen LogP contribution in [-0.2, 0) is 33.9 Å². The number of aliphatic carboxylic acids is 1. The number of hydrogen-bond acceptors (Lipinski definition) is 4. The lowest BCUT2D eigenvalue weighted by atomic mass is 10.3. The molecule has 0 fully saturated rings. The third kappa shape index (κ3) is 3.44. The third-order valence-corrected chi connectivity index (χ3v) is 4.04. The number of nitrogens with zero attached hydrogens (tertiary/aromatic N) is 2. The van der Waals surface area contributed by atoms with Crippen LogP contribution < -0.4 is 0 Å². The van der Waals surface area contributed by atoms with Crippen LogP contribution in [0.15, 0.2) is 0 Å². The normalized spacial score (nSPS) is 11.7. The predicted molar refractivity (Wildman–Crippen MR) is 62.7 cm³/mol. The fourth-order valence-corrected chi connectivity index (χ4v) is 3.09. The van der Waals surface area contributed by atoms with Gasteiger partial charge in [-0.1, -0.05) is 18.5 Å². The van der Waals surface area contributed by atoms with E-state index in [-0.39, 0.29) is 0 Å². The Balaban J connectivity index is 3.03. The van der Waals surface area contributed by atoms with Crippen molar-refractivity contribution in [1.82, 2.24) is 9.78 Å². The molecule has 0 aliphatic rings. The summed E-state index contributed by atoms with van der Waals surface area (Å²) in [5, 5.41) is 12.8. The molecule has 0 saturated carbocycles. The van der Waals surface area contributed by atoms with Gasteiger partial charge in [0.15, 0.2) is 9.84 Å². The molecule has 0 bridgehead atoms. The Hall–Kier alpha value is -1.08. The van der Waals surface area contributed by atoms with Gasteiger partial charge in [0.05, 0.1) is 22.2 Å². The Kier molecular flexibility index (Phi) is 4.16. The highest BCUT2D eigenvalue weighted by Crippen LogP contribution is 2.22. The minimum absolute atomic E-state index is 0.295. The molecule has 0 radical (unpaired) electrons. The van der Waals surface area contributed by atoms with Crippen molar-refractivity contribution in [2.75, 3.05) is 5.75 Å². The zero-order valence-electron chi connectivity index (χ0n) is 9.47. The summed E-state index contributed by atoms with van der Waals surface area (Å²) in [5.74, 6) is -2.70. The highest BCUT2D eigenvalue weighted by atomic mass is 35.5. The van der Waals surface area contributed by atoms with Crippen LogP contribution in [-0.4, -0.2) is 35.0 Å². The van der Waals surface area contributed by atoms with Crippen molar-refractivity contribution in [1.29, 1.82) is 0 Å². The zero-order chi connectivity index (χ0) is 13.2. The molecule has 0 atom stereocenters. The molecule has 0 spiro atoms. The van der Waals surface area contributed by atoms with Gasteiger partial charge >= 0.3 is 5.97 Å². The third-order valence-electron chi connectivity index (χ3n) is 2.20. The van der Waals surface area contributed by atoms with E-state index in [0.29, 0.717) is 22.8 Å². The standard InChI is InChI=1S/C9H13ClN2O4S/c1-3-6-9(10)7(12(2)11-6)4-17(15,16)5-8(13)14/h3-5H2,1-2H3,(H,13,14). The Morgan fingerprint density at radius 1 is 1.53 bits per heavy atom. The molecule has 0 unspecified atom stereocenters. The van der Waals surface area contributed by atoms with Crippen molar-refractivity contribution in [3.8, 4) is 0 Å². The van der Waals surface area contributed by atoms with Gasteiger partial charge in [-0.05, 0) is 6.42 Å². The van der Waals surface area contributed by atoms with Crippen molar-refractivity contribution >= 4 is 27.4 Å². The monoisotopic (exact) mass is 280 g/mol. The summed E-state index contributed by atoms with van der Waals surface area (Å²) in [7, 11) is -2.14. The van der Waals surface area contributed by atoms with E-state index in [1.54, 1.807) is 7.05 Å². The van der Waals surface area contributed by atoms with Crippen molar-refractivity contribution in [3.63, 3.8) is 0 Å². The lowest BCUT2D eigenvalue weighted by Crippen LogP contribution is -2.18. The first kappa shape index (κ1) is 14.0. The smallest absolute Gasteiger partial charge is 0.318 e. The summed E-state index contributed by atoms with van der Waals surface area (Å²) < 4.78 is 24.4. The Morgan fingerprint density at radius 3 is 2.53 bits per heavy atom. The van der Waals surface area contributed by atoms with Crippen LogP contribution in [0.5, 0.6) is 0 Å². The first-order valence-electron chi connectivity index (χ1n) is 4.89. The van der Waals surface area contributed by atoms with Gasteiger partial charge in [0.2, 0.25) is 0 Å². The van der Waals surface area contributed by atoms with Gasteiger partial charge in [-0.15, -0.1) is 0 Å². The quantitative estimate of drug-likeness (QED) is 0.855. The number of sulfone groups is 1. The van der Waals surface area contributed by atoms with E-state index in [9.17, 15) is 13.2 Å². The number of carboxylic acid groups (broad SMARTS) is 1. The fraction of sp³-hybridized carbons (Fsp3) is 0.556. The van der Waals surface area contributed by atoms with E-state index in [2.05, 4.69) is 5.10 Å². The average molecular weight is 281 g/mol. The number of rotatable bonds is 5. The topological polar surface area (TPSA) is 89.3 Å². The van der Waals surface area contributed by atoms with Gasteiger partial charge in [-0.2, -0.15) is 5.10 Å². The van der Waals surface area contributed by atoms with E-state index in [1.807, 2.05) is 6.92 Å². The molecule has 1 aromatic rings. The maximum Gasteiger partial charge on any atom is 0.318 e. The summed E-state index contributed by atoms with van der Waals surface area (Å²) in [6.45, 7) is 1.85. The summed E-state index contributed by atoms with van der Waals surface area (Å²) in [6.07, 6.45) is 0.589. The molecule has 0 saturated heterocycles. The SMILES string of the molecule is CCc1nn(C)c(CS(=O)(=O)CC(=O)O)c1Cl. The molecule has 0 aliphatic heterocycles. The molecule has 1 N–H and O–H groups in total. The number of carbonyl (C=O) groups is 1. The molecule has 1 heterocycles. The zero-order valence-corrected chi connectivity index (χ0v) is 11.0. The number of carboxylic acids is 1. The van der Waals surface area contributed by atoms with Crippen LogP contribution in [0.4, 0.5) is 0 Å². The average Bonchev–Trinajstić information content (AvgIpc) is 2.42. The second-order valence-corrected chi connectivity index (χ2v) is 6.05. The van der Waals surface area contributed by atoms with Gasteiger partial charge in [-0.25, -0.2) is 8.42 Å². The summed E-state index contributed by atoms with van der Waals surface area (Å²) in [5.41, 5.74) is 0.930. The maximum absolute atomic E-state index is 11.5. The Labute approximate surface area is 104 Å². The number of aromatic nitrogens is 2. The van der Waals surface area contributed by atoms with Crippen molar-refractivity contribution in [2.45, 2.75) is 19.1 Å². The summed E-state index contributed by atoms with van der Waals surface area (Å²) >= 11 is 5.98. The molecule has 96 valence electrons. The van der Waals surface area contributed by atoms with Gasteiger partial charge < -0.3 is 5.11 Å². The lowest BCUT2D eigenvalue weighted by Gasteiger charge is -2.02. The molecule has 6 nitrogen and oxygen atoms in total. The summed E-state index contributed by atoms with van der Waals surface area (Å²) in [6, 6.07) is 0. The Bertz CT molecular complexity index is 535. The van der Waals surface area contributed by atoms with Crippen molar-refractivity contribution < 1.29 is 18.3 Å². The number of halogens is 1. The first-order valence-corrected chi connectivity index (χ1v) is 7.09. The number of aryl methyl sites for hydroxylation is 2. The molecule has 8 heteroatoms. The van der Waals surface area contributed by atoms with Crippen LogP contribution in [0.25, 0.3) is 0 Å².